The molecular weight excluding hydrogens is 586 g/mol. The van der Waals surface area contributed by atoms with Crippen molar-refractivity contribution in [3.8, 4) is 11.5 Å². The number of carbonyl (C=O) groups is 5. The minimum Gasteiger partial charge on any atom is -0.489 e. The van der Waals surface area contributed by atoms with Crippen molar-refractivity contribution in [2.75, 3.05) is 26.2 Å². The van der Waals surface area contributed by atoms with Gasteiger partial charge in [0.2, 0.25) is 5.91 Å². The van der Waals surface area contributed by atoms with Crippen LogP contribution in [0.5, 0.6) is 11.5 Å². The Bertz CT molecular complexity index is 1640. The predicted octanol–water partition coefficient (Wildman–Crippen LogP) is 1.78. The fourth-order valence-electron chi connectivity index (χ4n) is 4.71. The molecule has 0 saturated carbocycles. The maximum absolute atomic E-state index is 13.8. The van der Waals surface area contributed by atoms with E-state index in [4.69, 9.17) is 20.9 Å². The van der Waals surface area contributed by atoms with Gasteiger partial charge in [0.05, 0.1) is 23.4 Å². The number of carbonyl (C=O) groups excluding carboxylic acids is 3. The lowest BCUT2D eigenvalue weighted by molar-refractivity contribution is -0.146. The summed E-state index contributed by atoms with van der Waals surface area (Å²) in [6.07, 6.45) is 0.790. The molecule has 2 amide bonds. The molecule has 14 heteroatoms. The Morgan fingerprint density at radius 2 is 1.58 bits per heavy atom. The summed E-state index contributed by atoms with van der Waals surface area (Å²) < 4.78 is 11.5. The molecule has 45 heavy (non-hydrogen) atoms. The number of esters is 1. The number of fused-ring (bicyclic) bond motifs is 2. The van der Waals surface area contributed by atoms with Crippen LogP contribution in [0.4, 0.5) is 5.69 Å². The number of amides is 2. The number of nitrogens with zero attached hydrogens (tertiary/aromatic N) is 3. The first kappa shape index (κ1) is 32.0. The standard InChI is InChI=1S/C31H31N5O9/c32-31(33)34-21-11-12-22-20(14-21)8-5-13-44-28-23(9-4-10-24(28)45-30(22)43)29(42)36(18-27(40)41)16-25(37)35(17-26(38)39)15-19-6-2-1-3-7-19/h1-4,6-7,9-12,14H,5,8,13,15-18H2,(H,38,39)(H,40,41)(H4,32,33,34). The number of guanidine groups is 1. The summed E-state index contributed by atoms with van der Waals surface area (Å²) >= 11 is 0. The first-order valence-electron chi connectivity index (χ1n) is 13.8. The SMILES string of the molecule is NC(N)=Nc1ccc2c(c1)CCCOc1c(cccc1C(=O)N(CC(=O)O)CC(=O)N(CC(=O)O)Cc1ccccc1)OC2=O. The van der Waals surface area contributed by atoms with E-state index in [1.165, 1.54) is 24.3 Å². The Kier molecular flexibility index (Phi) is 10.3. The molecule has 3 aromatic rings. The molecule has 0 aliphatic carbocycles. The highest BCUT2D eigenvalue weighted by atomic mass is 16.6. The highest BCUT2D eigenvalue weighted by Crippen LogP contribution is 2.34. The molecule has 0 fully saturated rings. The van der Waals surface area contributed by atoms with E-state index in [1.807, 2.05) is 0 Å². The number of hydrogen-bond donors (Lipinski definition) is 4. The molecule has 1 aliphatic rings. The van der Waals surface area contributed by atoms with E-state index >= 15 is 0 Å². The lowest BCUT2D eigenvalue weighted by atomic mass is 10.0. The maximum atomic E-state index is 13.8. The molecule has 14 nitrogen and oxygen atoms in total. The molecule has 0 bridgehead atoms. The Morgan fingerprint density at radius 1 is 0.867 bits per heavy atom. The second-order valence-electron chi connectivity index (χ2n) is 10.0. The number of para-hydroxylation sites is 1. The van der Waals surface area contributed by atoms with E-state index in [9.17, 15) is 34.2 Å². The average Bonchev–Trinajstić information content (AvgIpc) is 2.98. The molecule has 1 aliphatic heterocycles. The second kappa shape index (κ2) is 14.5. The quantitative estimate of drug-likeness (QED) is 0.111. The van der Waals surface area contributed by atoms with Gasteiger partial charge in [-0.3, -0.25) is 19.2 Å². The summed E-state index contributed by atoms with van der Waals surface area (Å²) in [7, 11) is 0. The van der Waals surface area contributed by atoms with Crippen molar-refractivity contribution in [2.45, 2.75) is 19.4 Å². The van der Waals surface area contributed by atoms with Crippen LogP contribution in [-0.2, 0) is 27.3 Å². The molecule has 0 saturated heterocycles. The van der Waals surface area contributed by atoms with Crippen LogP contribution in [0.2, 0.25) is 0 Å². The fraction of sp³-hybridized carbons (Fsp3) is 0.226. The lowest BCUT2D eigenvalue weighted by Crippen LogP contribution is -2.46. The maximum Gasteiger partial charge on any atom is 0.343 e. The van der Waals surface area contributed by atoms with Crippen LogP contribution >= 0.6 is 0 Å². The van der Waals surface area contributed by atoms with Gasteiger partial charge in [-0.1, -0.05) is 36.4 Å². The number of rotatable bonds is 10. The van der Waals surface area contributed by atoms with Gasteiger partial charge in [0.1, 0.15) is 19.6 Å². The zero-order chi connectivity index (χ0) is 32.5. The van der Waals surface area contributed by atoms with Crippen molar-refractivity contribution in [1.82, 2.24) is 9.80 Å². The van der Waals surface area contributed by atoms with Crippen molar-refractivity contribution in [2.24, 2.45) is 16.5 Å². The normalized spacial score (nSPS) is 12.3. The van der Waals surface area contributed by atoms with Gasteiger partial charge in [-0.2, -0.15) is 0 Å². The summed E-state index contributed by atoms with van der Waals surface area (Å²) in [6.45, 7) is -2.26. The van der Waals surface area contributed by atoms with Crippen LogP contribution in [0, 0.1) is 0 Å². The zero-order valence-corrected chi connectivity index (χ0v) is 24.0. The third-order valence-electron chi connectivity index (χ3n) is 6.65. The molecule has 4 rings (SSSR count). The topological polar surface area (TPSA) is 215 Å². The van der Waals surface area contributed by atoms with E-state index in [1.54, 1.807) is 42.5 Å². The second-order valence-corrected chi connectivity index (χ2v) is 10.0. The van der Waals surface area contributed by atoms with E-state index in [0.29, 0.717) is 29.7 Å². The molecule has 0 atom stereocenters. The lowest BCUT2D eigenvalue weighted by Gasteiger charge is -2.27. The molecule has 0 unspecified atom stereocenters. The molecule has 0 radical (unpaired) electrons. The van der Waals surface area contributed by atoms with E-state index in [2.05, 4.69) is 4.99 Å². The van der Waals surface area contributed by atoms with Crippen LogP contribution in [0.15, 0.2) is 71.7 Å². The monoisotopic (exact) mass is 617 g/mol. The van der Waals surface area contributed by atoms with E-state index < -0.39 is 49.4 Å². The number of benzene rings is 3. The first-order valence-corrected chi connectivity index (χ1v) is 13.8. The molecule has 3 aromatic carbocycles. The first-order chi connectivity index (χ1) is 21.5. The Morgan fingerprint density at radius 3 is 2.27 bits per heavy atom. The number of aryl methyl sites for hydroxylation is 1. The van der Waals surface area contributed by atoms with Crippen LogP contribution in [0.3, 0.4) is 0 Å². The summed E-state index contributed by atoms with van der Waals surface area (Å²) in [5.74, 6) is -5.44. The number of carboxylic acid groups (broad SMARTS) is 2. The predicted molar refractivity (Wildman–Crippen MR) is 160 cm³/mol. The minimum absolute atomic E-state index is 0.0736. The van der Waals surface area contributed by atoms with Crippen molar-refractivity contribution in [3.63, 3.8) is 0 Å². The summed E-state index contributed by atoms with van der Waals surface area (Å²) in [5, 5.41) is 19.0. The van der Waals surface area contributed by atoms with Crippen molar-refractivity contribution in [1.29, 1.82) is 0 Å². The third kappa shape index (κ3) is 8.56. The molecule has 234 valence electrons. The summed E-state index contributed by atoms with van der Waals surface area (Å²) in [6, 6.07) is 17.5. The van der Waals surface area contributed by atoms with Crippen LogP contribution < -0.4 is 20.9 Å². The number of hydrogen-bond acceptors (Lipinski definition) is 8. The number of carboxylic acids is 2. The third-order valence-corrected chi connectivity index (χ3v) is 6.65. The van der Waals surface area contributed by atoms with Gasteiger partial charge in [-0.15, -0.1) is 0 Å². The van der Waals surface area contributed by atoms with Gasteiger partial charge >= 0.3 is 17.9 Å². The Hall–Kier alpha value is -5.92. The smallest absolute Gasteiger partial charge is 0.343 e. The summed E-state index contributed by atoms with van der Waals surface area (Å²) in [4.78, 5) is 69.3. The number of aliphatic carboxylic acids is 2. The molecule has 6 N–H and O–H groups in total. The van der Waals surface area contributed by atoms with E-state index in [0.717, 1.165) is 9.80 Å². The van der Waals surface area contributed by atoms with Crippen LogP contribution in [-0.4, -0.2) is 81.9 Å². The van der Waals surface area contributed by atoms with Gasteiger partial charge in [0.15, 0.2) is 17.5 Å². The average molecular weight is 618 g/mol. The van der Waals surface area contributed by atoms with Crippen LogP contribution in [0.25, 0.3) is 0 Å². The fourth-order valence-corrected chi connectivity index (χ4v) is 4.71. The van der Waals surface area contributed by atoms with Gasteiger partial charge in [0.25, 0.3) is 5.91 Å². The minimum atomic E-state index is -1.40. The van der Waals surface area contributed by atoms with Crippen molar-refractivity contribution < 1.29 is 43.7 Å². The number of aliphatic imine (C=N–C) groups is 1. The van der Waals surface area contributed by atoms with Crippen LogP contribution in [0.1, 0.15) is 38.3 Å². The Labute approximate surface area is 257 Å². The van der Waals surface area contributed by atoms with Crippen molar-refractivity contribution in [3.05, 3.63) is 89.0 Å². The molecule has 0 aromatic heterocycles. The van der Waals surface area contributed by atoms with E-state index in [-0.39, 0.29) is 41.7 Å². The molecular formula is C31H31N5O9. The van der Waals surface area contributed by atoms with Gasteiger partial charge < -0.3 is 41.0 Å². The largest absolute Gasteiger partial charge is 0.489 e. The zero-order valence-electron chi connectivity index (χ0n) is 24.0. The summed E-state index contributed by atoms with van der Waals surface area (Å²) in [5.41, 5.74) is 12.8. The number of ether oxygens (including phenoxy) is 2. The Balaban J connectivity index is 1.63. The van der Waals surface area contributed by atoms with Gasteiger partial charge in [-0.05, 0) is 54.3 Å². The van der Waals surface area contributed by atoms with Gasteiger partial charge in [-0.25, -0.2) is 9.79 Å². The van der Waals surface area contributed by atoms with Crippen molar-refractivity contribution >= 4 is 41.4 Å². The highest BCUT2D eigenvalue weighted by molar-refractivity contribution is 6.02. The number of nitrogens with two attached hydrogens (primary N) is 2. The molecule has 1 heterocycles. The van der Waals surface area contributed by atoms with Gasteiger partial charge in [0, 0.05) is 6.54 Å². The molecule has 0 spiro atoms. The highest BCUT2D eigenvalue weighted by Gasteiger charge is 2.29.